The Morgan fingerprint density at radius 3 is 2.14 bits per heavy atom. The van der Waals surface area contributed by atoms with Crippen molar-refractivity contribution in [2.45, 2.75) is 43.5 Å². The standard InChI is InChI=1S/C23H20F2I2O9S/c1-22(8-4-5-9-22)36-21(30)15-7-3-2-6-14(15)20(29)35-18-16(10-13(26)11-17(18)27)19(28)34-12-23(24,25)37(31,32)33/h2-3,6-7,10-11H,4-5,8-9,12H2,1H3,(H,31,32,33). The fourth-order valence-corrected chi connectivity index (χ4v) is 5.77. The molecule has 37 heavy (non-hydrogen) atoms. The van der Waals surface area contributed by atoms with Crippen LogP contribution in [0.25, 0.3) is 0 Å². The Labute approximate surface area is 238 Å². The van der Waals surface area contributed by atoms with Crippen LogP contribution in [0, 0.1) is 7.14 Å². The van der Waals surface area contributed by atoms with E-state index in [2.05, 4.69) is 4.74 Å². The van der Waals surface area contributed by atoms with E-state index in [9.17, 15) is 31.6 Å². The van der Waals surface area contributed by atoms with E-state index in [4.69, 9.17) is 14.0 Å². The molecular weight excluding hydrogens is 744 g/mol. The van der Waals surface area contributed by atoms with E-state index in [0.717, 1.165) is 12.8 Å². The number of hydrogen-bond acceptors (Lipinski definition) is 8. The van der Waals surface area contributed by atoms with Gasteiger partial charge in [0.1, 0.15) is 11.2 Å². The number of rotatable bonds is 8. The third kappa shape index (κ3) is 7.14. The van der Waals surface area contributed by atoms with Gasteiger partial charge in [0.15, 0.2) is 12.4 Å². The molecule has 3 rings (SSSR count). The van der Waals surface area contributed by atoms with Gasteiger partial charge in [-0.2, -0.15) is 17.2 Å². The molecule has 9 nitrogen and oxygen atoms in total. The molecule has 14 heteroatoms. The summed E-state index contributed by atoms with van der Waals surface area (Å²) in [5, 5.41) is -4.75. The molecule has 1 aliphatic carbocycles. The fraction of sp³-hybridized carbons (Fsp3) is 0.348. The van der Waals surface area contributed by atoms with Crippen LogP contribution in [0.4, 0.5) is 8.78 Å². The summed E-state index contributed by atoms with van der Waals surface area (Å²) < 4.78 is 73.4. The van der Waals surface area contributed by atoms with Crippen LogP contribution in [-0.4, -0.2) is 48.3 Å². The maximum Gasteiger partial charge on any atom is 0.402 e. The third-order valence-corrected chi connectivity index (χ3v) is 7.84. The van der Waals surface area contributed by atoms with E-state index >= 15 is 0 Å². The van der Waals surface area contributed by atoms with Gasteiger partial charge in [-0.1, -0.05) is 12.1 Å². The predicted octanol–water partition coefficient (Wildman–Crippen LogP) is 5.24. The van der Waals surface area contributed by atoms with Crippen molar-refractivity contribution in [1.82, 2.24) is 0 Å². The first kappa shape index (κ1) is 29.6. The highest BCUT2D eigenvalue weighted by Gasteiger charge is 2.46. The number of halogens is 4. The summed E-state index contributed by atoms with van der Waals surface area (Å²) in [5.41, 5.74) is -1.31. The summed E-state index contributed by atoms with van der Waals surface area (Å²) in [7, 11) is -5.83. The van der Waals surface area contributed by atoms with Gasteiger partial charge in [0.05, 0.1) is 14.7 Å². The average molecular weight is 764 g/mol. The van der Waals surface area contributed by atoms with Gasteiger partial charge in [-0.25, -0.2) is 14.4 Å². The SMILES string of the molecule is CC1(OC(=O)c2ccccc2C(=O)Oc2c(I)cc(I)cc2C(=O)OCC(F)(F)S(=O)(=O)O)CCCC1. The minimum absolute atomic E-state index is 0.0573. The monoisotopic (exact) mass is 764 g/mol. The van der Waals surface area contributed by atoms with Gasteiger partial charge in [-0.05, 0) is 102 Å². The molecule has 0 amide bonds. The third-order valence-electron chi connectivity index (χ3n) is 5.54. The first-order chi connectivity index (χ1) is 17.1. The Hall–Kier alpha value is -1.92. The van der Waals surface area contributed by atoms with Gasteiger partial charge in [0.2, 0.25) is 0 Å². The average Bonchev–Trinajstić information content (AvgIpc) is 3.23. The van der Waals surface area contributed by atoms with Crippen LogP contribution < -0.4 is 4.74 Å². The van der Waals surface area contributed by atoms with E-state index in [0.29, 0.717) is 16.4 Å². The van der Waals surface area contributed by atoms with Crippen molar-refractivity contribution in [2.24, 2.45) is 0 Å². The van der Waals surface area contributed by atoms with E-state index in [-0.39, 0.29) is 20.4 Å². The highest BCUT2D eigenvalue weighted by molar-refractivity contribution is 14.1. The number of ether oxygens (including phenoxy) is 3. The quantitative estimate of drug-likeness (QED) is 0.166. The van der Waals surface area contributed by atoms with Crippen LogP contribution in [0.2, 0.25) is 0 Å². The lowest BCUT2D eigenvalue weighted by Crippen LogP contribution is -2.34. The number of carbonyl (C=O) groups is 3. The first-order valence-electron chi connectivity index (χ1n) is 10.7. The van der Waals surface area contributed by atoms with Crippen LogP contribution in [0.3, 0.4) is 0 Å². The summed E-state index contributed by atoms with van der Waals surface area (Å²) in [6.07, 6.45) is 3.20. The molecular formula is C23H20F2I2O9S. The molecule has 0 atom stereocenters. The Morgan fingerprint density at radius 1 is 1.00 bits per heavy atom. The van der Waals surface area contributed by atoms with Crippen molar-refractivity contribution < 1.29 is 50.3 Å². The molecule has 1 N–H and O–H groups in total. The van der Waals surface area contributed by atoms with Crippen LogP contribution in [-0.2, 0) is 19.6 Å². The second kappa shape index (κ2) is 11.4. The first-order valence-corrected chi connectivity index (χ1v) is 14.3. The minimum atomic E-state index is -5.83. The number of benzene rings is 2. The second-order valence-electron chi connectivity index (χ2n) is 8.43. The van der Waals surface area contributed by atoms with Crippen molar-refractivity contribution >= 4 is 73.2 Å². The van der Waals surface area contributed by atoms with Gasteiger partial charge in [0.25, 0.3) is 0 Å². The molecule has 0 radical (unpaired) electrons. The zero-order valence-corrected chi connectivity index (χ0v) is 24.3. The maximum absolute atomic E-state index is 13.5. The van der Waals surface area contributed by atoms with Gasteiger partial charge in [-0.3, -0.25) is 4.55 Å². The van der Waals surface area contributed by atoms with Gasteiger partial charge >= 0.3 is 33.3 Å². The fourth-order valence-electron chi connectivity index (χ4n) is 3.61. The van der Waals surface area contributed by atoms with Crippen LogP contribution >= 0.6 is 45.2 Å². The lowest BCUT2D eigenvalue weighted by Gasteiger charge is -2.24. The Kier molecular flexibility index (Phi) is 9.17. The minimum Gasteiger partial charge on any atom is -0.456 e. The topological polar surface area (TPSA) is 133 Å². The van der Waals surface area contributed by atoms with Gasteiger partial charge in [0, 0.05) is 3.57 Å². The Balaban J connectivity index is 1.88. The van der Waals surface area contributed by atoms with Crippen LogP contribution in [0.5, 0.6) is 5.75 Å². The molecule has 0 unspecified atom stereocenters. The Bertz CT molecular complexity index is 1340. The molecule has 2 aromatic rings. The summed E-state index contributed by atoms with van der Waals surface area (Å²) in [4.78, 5) is 38.5. The highest BCUT2D eigenvalue weighted by atomic mass is 127. The number of alkyl halides is 2. The van der Waals surface area contributed by atoms with Crippen LogP contribution in [0.1, 0.15) is 63.7 Å². The number of carbonyl (C=O) groups excluding carboxylic acids is 3. The summed E-state index contributed by atoms with van der Waals surface area (Å²) in [5.74, 6) is -3.52. The molecule has 0 aromatic heterocycles. The summed E-state index contributed by atoms with van der Waals surface area (Å²) >= 11 is 3.57. The lowest BCUT2D eigenvalue weighted by molar-refractivity contribution is -0.00977. The van der Waals surface area contributed by atoms with Crippen molar-refractivity contribution in [1.29, 1.82) is 0 Å². The van der Waals surface area contributed by atoms with Gasteiger partial charge < -0.3 is 14.2 Å². The lowest BCUT2D eigenvalue weighted by atomic mass is 10.0. The molecule has 0 aliphatic heterocycles. The van der Waals surface area contributed by atoms with Gasteiger partial charge in [-0.15, -0.1) is 0 Å². The largest absolute Gasteiger partial charge is 0.456 e. The predicted molar refractivity (Wildman–Crippen MR) is 142 cm³/mol. The summed E-state index contributed by atoms with van der Waals surface area (Å²) in [6, 6.07) is 8.46. The zero-order valence-electron chi connectivity index (χ0n) is 19.1. The zero-order chi connectivity index (χ0) is 27.6. The normalized spacial score (nSPS) is 15.2. The molecule has 0 heterocycles. The summed E-state index contributed by atoms with van der Waals surface area (Å²) in [6.45, 7) is -0.149. The molecule has 1 saturated carbocycles. The van der Waals surface area contributed by atoms with Crippen molar-refractivity contribution in [2.75, 3.05) is 6.61 Å². The molecule has 2 aromatic carbocycles. The molecule has 1 aliphatic rings. The number of esters is 3. The molecule has 0 spiro atoms. The smallest absolute Gasteiger partial charge is 0.402 e. The van der Waals surface area contributed by atoms with Crippen molar-refractivity contribution in [3.05, 3.63) is 60.2 Å². The van der Waals surface area contributed by atoms with E-state index in [1.165, 1.54) is 36.4 Å². The molecule has 1 fully saturated rings. The molecule has 0 bridgehead atoms. The van der Waals surface area contributed by atoms with E-state index in [1.807, 2.05) is 29.5 Å². The second-order valence-corrected chi connectivity index (χ2v) is 12.4. The maximum atomic E-state index is 13.5. The van der Waals surface area contributed by atoms with E-state index in [1.54, 1.807) is 22.6 Å². The van der Waals surface area contributed by atoms with Crippen molar-refractivity contribution in [3.8, 4) is 5.75 Å². The van der Waals surface area contributed by atoms with E-state index < -0.39 is 51.1 Å². The highest BCUT2D eigenvalue weighted by Crippen LogP contribution is 2.34. The Morgan fingerprint density at radius 2 is 1.57 bits per heavy atom. The van der Waals surface area contributed by atoms with Crippen molar-refractivity contribution in [3.63, 3.8) is 0 Å². The number of hydrogen-bond donors (Lipinski definition) is 1. The molecule has 0 saturated heterocycles. The van der Waals surface area contributed by atoms with Crippen LogP contribution in [0.15, 0.2) is 36.4 Å². The molecule has 200 valence electrons.